The number of hydrogen-bond acceptors (Lipinski definition) is 4. The standard InChI is InChI=1S/C23H31N3O3.ClH/c1-15-12-19(27)13-16(2)20(15)14-21(24)23(29)26-17(3)22(28)25-11-7-10-18-8-5-4-6-9-18;/h4-6,8-9,12-13,17,21,27H,7,10-11,14,24H2,1-3H3,(H,25,28)(H,26,29);1H/t17-,21?;/m1./s1. The SMILES string of the molecule is Cc1cc(O)cc(C)c1CC(N)C(=O)N[C@H](C)C(=O)NCCCc1ccccc1.Cl. The molecule has 5 N–H and O–H groups in total. The fraction of sp³-hybridized carbons (Fsp3) is 0.391. The Hall–Kier alpha value is -2.57. The van der Waals surface area contributed by atoms with Gasteiger partial charge in [0.2, 0.25) is 11.8 Å². The van der Waals surface area contributed by atoms with Gasteiger partial charge in [0.1, 0.15) is 11.8 Å². The number of carbonyl (C=O) groups excluding carboxylic acids is 2. The number of nitrogens with one attached hydrogen (secondary N) is 2. The van der Waals surface area contributed by atoms with Crippen LogP contribution in [0.15, 0.2) is 42.5 Å². The van der Waals surface area contributed by atoms with Gasteiger partial charge >= 0.3 is 0 Å². The lowest BCUT2D eigenvalue weighted by atomic mass is 9.96. The molecule has 0 aliphatic heterocycles. The molecule has 164 valence electrons. The van der Waals surface area contributed by atoms with Crippen LogP contribution in [0.4, 0.5) is 0 Å². The fourth-order valence-electron chi connectivity index (χ4n) is 3.29. The molecular weight excluding hydrogens is 402 g/mol. The molecule has 0 aromatic heterocycles. The Morgan fingerprint density at radius 1 is 1.07 bits per heavy atom. The molecule has 0 fully saturated rings. The average Bonchev–Trinajstić information content (AvgIpc) is 2.68. The van der Waals surface area contributed by atoms with Crippen molar-refractivity contribution in [1.29, 1.82) is 0 Å². The zero-order valence-corrected chi connectivity index (χ0v) is 18.6. The van der Waals surface area contributed by atoms with E-state index in [1.54, 1.807) is 19.1 Å². The van der Waals surface area contributed by atoms with Crippen LogP contribution < -0.4 is 16.4 Å². The molecule has 0 heterocycles. The maximum Gasteiger partial charge on any atom is 0.242 e. The minimum atomic E-state index is -0.773. The van der Waals surface area contributed by atoms with E-state index in [4.69, 9.17) is 5.73 Å². The Morgan fingerprint density at radius 2 is 1.67 bits per heavy atom. The largest absolute Gasteiger partial charge is 0.508 e. The summed E-state index contributed by atoms with van der Waals surface area (Å²) < 4.78 is 0. The lowest BCUT2D eigenvalue weighted by Crippen LogP contribution is -2.51. The van der Waals surface area contributed by atoms with Crippen LogP contribution >= 0.6 is 12.4 Å². The second kappa shape index (κ2) is 12.2. The van der Waals surface area contributed by atoms with Crippen molar-refractivity contribution in [1.82, 2.24) is 10.6 Å². The molecule has 0 saturated carbocycles. The van der Waals surface area contributed by atoms with Gasteiger partial charge in [0.25, 0.3) is 0 Å². The molecule has 30 heavy (non-hydrogen) atoms. The Balaban J connectivity index is 0.00000450. The summed E-state index contributed by atoms with van der Waals surface area (Å²) in [6.45, 7) is 5.94. The molecule has 2 aromatic rings. The van der Waals surface area contributed by atoms with Crippen molar-refractivity contribution in [3.8, 4) is 5.75 Å². The van der Waals surface area contributed by atoms with Gasteiger partial charge in [-0.3, -0.25) is 9.59 Å². The predicted octanol–water partition coefficient (Wildman–Crippen LogP) is 2.55. The first kappa shape index (κ1) is 25.5. The summed E-state index contributed by atoms with van der Waals surface area (Å²) in [5.74, 6) is -0.404. The maximum absolute atomic E-state index is 12.4. The number of aryl methyl sites for hydroxylation is 3. The van der Waals surface area contributed by atoms with Gasteiger partial charge in [-0.2, -0.15) is 0 Å². The monoisotopic (exact) mass is 433 g/mol. The van der Waals surface area contributed by atoms with Crippen LogP contribution in [0.25, 0.3) is 0 Å². The van der Waals surface area contributed by atoms with Gasteiger partial charge < -0.3 is 21.5 Å². The van der Waals surface area contributed by atoms with Crippen molar-refractivity contribution in [2.45, 2.75) is 52.1 Å². The van der Waals surface area contributed by atoms with Crippen LogP contribution in [0, 0.1) is 13.8 Å². The summed E-state index contributed by atoms with van der Waals surface area (Å²) in [5.41, 5.74) is 9.99. The van der Waals surface area contributed by atoms with E-state index in [0.717, 1.165) is 29.5 Å². The molecule has 0 aliphatic carbocycles. The number of benzene rings is 2. The highest BCUT2D eigenvalue weighted by Gasteiger charge is 2.21. The Kier molecular flexibility index (Phi) is 10.4. The zero-order chi connectivity index (χ0) is 21.4. The second-order valence-electron chi connectivity index (χ2n) is 7.48. The minimum absolute atomic E-state index is 0. The van der Waals surface area contributed by atoms with E-state index in [2.05, 4.69) is 22.8 Å². The van der Waals surface area contributed by atoms with Crippen LogP contribution in [-0.4, -0.2) is 35.5 Å². The van der Waals surface area contributed by atoms with Crippen molar-refractivity contribution in [3.63, 3.8) is 0 Å². The number of aromatic hydroxyl groups is 1. The first-order valence-corrected chi connectivity index (χ1v) is 9.94. The van der Waals surface area contributed by atoms with Crippen molar-refractivity contribution in [2.24, 2.45) is 5.73 Å². The summed E-state index contributed by atoms with van der Waals surface area (Å²) in [6.07, 6.45) is 2.06. The Labute approximate surface area is 184 Å². The number of phenols is 1. The van der Waals surface area contributed by atoms with Gasteiger partial charge in [-0.05, 0) is 74.4 Å². The first-order chi connectivity index (χ1) is 13.8. The molecule has 7 heteroatoms. The summed E-state index contributed by atoms with van der Waals surface area (Å²) in [4.78, 5) is 24.6. The van der Waals surface area contributed by atoms with E-state index >= 15 is 0 Å². The molecule has 2 rings (SSSR count). The number of phenolic OH excluding ortho intramolecular Hbond substituents is 1. The lowest BCUT2D eigenvalue weighted by Gasteiger charge is -2.19. The quantitative estimate of drug-likeness (QED) is 0.456. The van der Waals surface area contributed by atoms with Gasteiger partial charge in [-0.1, -0.05) is 30.3 Å². The van der Waals surface area contributed by atoms with Crippen LogP contribution in [0.1, 0.15) is 35.6 Å². The van der Waals surface area contributed by atoms with Gasteiger partial charge in [-0.15, -0.1) is 12.4 Å². The summed E-state index contributed by atoms with van der Waals surface area (Å²) in [5, 5.41) is 15.2. The highest BCUT2D eigenvalue weighted by molar-refractivity contribution is 5.89. The van der Waals surface area contributed by atoms with Crippen LogP contribution in [0.5, 0.6) is 5.75 Å². The molecule has 2 amide bonds. The van der Waals surface area contributed by atoms with Crippen molar-refractivity contribution in [2.75, 3.05) is 6.54 Å². The van der Waals surface area contributed by atoms with Crippen molar-refractivity contribution in [3.05, 3.63) is 64.7 Å². The van der Waals surface area contributed by atoms with E-state index in [1.165, 1.54) is 5.56 Å². The van der Waals surface area contributed by atoms with E-state index in [0.29, 0.717) is 13.0 Å². The van der Waals surface area contributed by atoms with Crippen LogP contribution in [0.2, 0.25) is 0 Å². The third-order valence-corrected chi connectivity index (χ3v) is 4.98. The molecular formula is C23H32ClN3O3. The van der Waals surface area contributed by atoms with Gasteiger partial charge in [0, 0.05) is 6.54 Å². The number of amides is 2. The highest BCUT2D eigenvalue weighted by Crippen LogP contribution is 2.21. The Bertz CT molecular complexity index is 820. The number of halogens is 1. The van der Waals surface area contributed by atoms with Gasteiger partial charge in [0.05, 0.1) is 6.04 Å². The van der Waals surface area contributed by atoms with Crippen molar-refractivity contribution >= 4 is 24.2 Å². The normalized spacial score (nSPS) is 12.4. The molecule has 0 saturated heterocycles. The van der Waals surface area contributed by atoms with Gasteiger partial charge in [-0.25, -0.2) is 0 Å². The minimum Gasteiger partial charge on any atom is -0.508 e. The third kappa shape index (κ3) is 7.69. The maximum atomic E-state index is 12.4. The Morgan fingerprint density at radius 3 is 2.27 bits per heavy atom. The van der Waals surface area contributed by atoms with Crippen LogP contribution in [-0.2, 0) is 22.4 Å². The summed E-state index contributed by atoms with van der Waals surface area (Å²) >= 11 is 0. The molecule has 6 nitrogen and oxygen atoms in total. The van der Waals surface area contributed by atoms with E-state index in [1.807, 2.05) is 32.0 Å². The van der Waals surface area contributed by atoms with E-state index in [-0.39, 0.29) is 30.0 Å². The highest BCUT2D eigenvalue weighted by atomic mass is 35.5. The topological polar surface area (TPSA) is 104 Å². The zero-order valence-electron chi connectivity index (χ0n) is 17.8. The fourth-order valence-corrected chi connectivity index (χ4v) is 3.29. The number of nitrogens with two attached hydrogens (primary N) is 1. The lowest BCUT2D eigenvalue weighted by molar-refractivity contribution is -0.129. The van der Waals surface area contributed by atoms with Crippen molar-refractivity contribution < 1.29 is 14.7 Å². The average molecular weight is 434 g/mol. The molecule has 2 atom stereocenters. The number of carbonyl (C=O) groups is 2. The molecule has 0 bridgehead atoms. The third-order valence-electron chi connectivity index (χ3n) is 4.98. The second-order valence-corrected chi connectivity index (χ2v) is 7.48. The summed E-state index contributed by atoms with van der Waals surface area (Å²) in [6, 6.07) is 12.0. The molecule has 2 aromatic carbocycles. The molecule has 0 aliphatic rings. The summed E-state index contributed by atoms with van der Waals surface area (Å²) in [7, 11) is 0. The van der Waals surface area contributed by atoms with E-state index in [9.17, 15) is 14.7 Å². The van der Waals surface area contributed by atoms with Crippen LogP contribution in [0.3, 0.4) is 0 Å². The molecule has 1 unspecified atom stereocenters. The molecule has 0 spiro atoms. The smallest absolute Gasteiger partial charge is 0.242 e. The first-order valence-electron chi connectivity index (χ1n) is 9.94. The number of hydrogen-bond donors (Lipinski definition) is 4. The number of rotatable bonds is 9. The van der Waals surface area contributed by atoms with Gasteiger partial charge in [0.15, 0.2) is 0 Å². The molecule has 0 radical (unpaired) electrons. The predicted molar refractivity (Wildman–Crippen MR) is 122 cm³/mol. The van der Waals surface area contributed by atoms with E-state index < -0.39 is 12.1 Å².